The van der Waals surface area contributed by atoms with E-state index in [1.165, 1.54) is 27.8 Å². The van der Waals surface area contributed by atoms with Crippen molar-refractivity contribution in [3.05, 3.63) is 89.5 Å². The number of hydrogen-bond acceptors (Lipinski definition) is 8. The maximum absolute atomic E-state index is 14.5. The molecule has 56 heavy (non-hydrogen) atoms. The summed E-state index contributed by atoms with van der Waals surface area (Å²) in [4.78, 5) is 49.4. The lowest BCUT2D eigenvalue weighted by atomic mass is 9.81. The maximum Gasteiger partial charge on any atom is 0.416 e. The molecule has 0 spiro atoms. The molecule has 0 radical (unpaired) electrons. The van der Waals surface area contributed by atoms with Crippen molar-refractivity contribution in [3.8, 4) is 22.8 Å². The van der Waals surface area contributed by atoms with Gasteiger partial charge in [-0.1, -0.05) is 17.3 Å². The fraction of sp³-hybridized carbons (Fsp3) is 0.450. The van der Waals surface area contributed by atoms with Gasteiger partial charge < -0.3 is 24.6 Å². The number of nitrogens with one attached hydrogen (secondary N) is 1. The number of pyridine rings is 1. The Hall–Kier alpha value is -5.38. The molecule has 6 bridgehead atoms. The molecule has 1 unspecified atom stereocenters. The molecule has 5 heterocycles. The Morgan fingerprint density at radius 2 is 1.79 bits per heavy atom. The maximum atomic E-state index is 14.5. The normalized spacial score (nSPS) is 22.8. The van der Waals surface area contributed by atoms with E-state index in [0.29, 0.717) is 43.2 Å². The first-order valence-electron chi connectivity index (χ1n) is 18.9. The van der Waals surface area contributed by atoms with Gasteiger partial charge in [0.05, 0.1) is 42.5 Å². The van der Waals surface area contributed by atoms with Crippen LogP contribution in [0.4, 0.5) is 17.6 Å². The Balaban J connectivity index is 1.07. The minimum absolute atomic E-state index is 0.0189. The highest BCUT2D eigenvalue weighted by atomic mass is 19.4. The molecule has 4 atom stereocenters. The van der Waals surface area contributed by atoms with Crippen molar-refractivity contribution in [2.45, 2.75) is 63.5 Å². The Kier molecular flexibility index (Phi) is 10.5. The molecular formula is C40H41F4N7O5. The molecule has 2 saturated heterocycles. The van der Waals surface area contributed by atoms with Gasteiger partial charge in [-0.2, -0.15) is 13.2 Å². The summed E-state index contributed by atoms with van der Waals surface area (Å²) in [7, 11) is 0. The van der Waals surface area contributed by atoms with Gasteiger partial charge in [0.1, 0.15) is 17.6 Å². The number of nitrogens with zero attached hydrogens (tertiary/aromatic N) is 6. The molecule has 12 nitrogen and oxygen atoms in total. The number of amides is 3. The predicted octanol–water partition coefficient (Wildman–Crippen LogP) is 5.45. The Morgan fingerprint density at radius 1 is 0.982 bits per heavy atom. The molecule has 1 saturated carbocycles. The van der Waals surface area contributed by atoms with Crippen LogP contribution in [0.1, 0.15) is 60.1 Å². The number of alkyl halides is 3. The summed E-state index contributed by atoms with van der Waals surface area (Å²) in [5.74, 6) is -1.15. The SMILES string of the molecule is O=C(CC1CCN2C[C@@H]1CCOc1cc(C(F)(F)F)cc(n1)-c1cccc(c1)C(=O)N1C[C@H](OCc3cn(-c4ccc(F)cc4)nn3)C[C@H]1C2=O)NCC1CC1. The molecule has 294 valence electrons. The molecule has 2 aromatic carbocycles. The van der Waals surface area contributed by atoms with Crippen molar-refractivity contribution in [2.24, 2.45) is 17.8 Å². The van der Waals surface area contributed by atoms with Gasteiger partial charge in [-0.25, -0.2) is 14.1 Å². The number of ether oxygens (including phenoxy) is 2. The molecule has 3 amide bonds. The van der Waals surface area contributed by atoms with Gasteiger partial charge in [0, 0.05) is 56.2 Å². The Morgan fingerprint density at radius 3 is 2.57 bits per heavy atom. The van der Waals surface area contributed by atoms with E-state index in [4.69, 9.17) is 9.47 Å². The van der Waals surface area contributed by atoms with Crippen LogP contribution in [0.5, 0.6) is 5.88 Å². The quantitative estimate of drug-likeness (QED) is 0.234. The molecule has 2 aromatic heterocycles. The Bertz CT molecular complexity index is 2090. The summed E-state index contributed by atoms with van der Waals surface area (Å²) in [5.41, 5.74) is 0.583. The van der Waals surface area contributed by atoms with Crippen LogP contribution in [0.3, 0.4) is 0 Å². The number of fused-ring (bicyclic) bond motifs is 8. The van der Waals surface area contributed by atoms with Crippen LogP contribution in [-0.2, 0) is 27.1 Å². The highest BCUT2D eigenvalue weighted by Gasteiger charge is 2.44. The average Bonchev–Trinajstić information content (AvgIpc) is 3.73. The van der Waals surface area contributed by atoms with Gasteiger partial charge >= 0.3 is 6.18 Å². The van der Waals surface area contributed by atoms with Crippen molar-refractivity contribution >= 4 is 17.7 Å². The van der Waals surface area contributed by atoms with Crippen LogP contribution in [0, 0.1) is 23.6 Å². The van der Waals surface area contributed by atoms with Crippen LogP contribution >= 0.6 is 0 Å². The van der Waals surface area contributed by atoms with E-state index in [9.17, 15) is 31.9 Å². The van der Waals surface area contributed by atoms with Crippen LogP contribution in [0.25, 0.3) is 16.9 Å². The molecule has 3 aliphatic heterocycles. The topological polar surface area (TPSA) is 132 Å². The predicted molar refractivity (Wildman–Crippen MR) is 193 cm³/mol. The van der Waals surface area contributed by atoms with Crippen molar-refractivity contribution in [1.82, 2.24) is 35.1 Å². The third kappa shape index (κ3) is 8.54. The second kappa shape index (κ2) is 15.6. The molecule has 1 aliphatic carbocycles. The van der Waals surface area contributed by atoms with E-state index < -0.39 is 29.8 Å². The highest BCUT2D eigenvalue weighted by molar-refractivity contribution is 5.99. The number of piperidine rings is 1. The molecule has 4 aliphatic rings. The summed E-state index contributed by atoms with van der Waals surface area (Å²) in [6, 6.07) is 12.8. The lowest BCUT2D eigenvalue weighted by Crippen LogP contribution is -2.52. The third-order valence-electron chi connectivity index (χ3n) is 11.1. The van der Waals surface area contributed by atoms with E-state index in [0.717, 1.165) is 25.0 Å². The third-order valence-corrected chi connectivity index (χ3v) is 11.1. The first kappa shape index (κ1) is 37.5. The average molecular weight is 776 g/mol. The lowest BCUT2D eigenvalue weighted by Gasteiger charge is -2.40. The molecule has 1 N–H and O–H groups in total. The molecule has 4 aromatic rings. The van der Waals surface area contributed by atoms with Gasteiger partial charge in [-0.05, 0) is 85.9 Å². The minimum Gasteiger partial charge on any atom is -0.478 e. The van der Waals surface area contributed by atoms with E-state index >= 15 is 0 Å². The van der Waals surface area contributed by atoms with Gasteiger partial charge in [0.2, 0.25) is 17.7 Å². The standard InChI is InChI=1S/C40H41F4N7O5/c41-30-6-8-32(9-7-30)51-21-31(47-48-51)23-56-33-18-35-39(54)49-12-10-25(15-36(52)45-19-24-4-5-24)28(20-49)11-13-55-37-17-29(40(42,43)44)16-34(46-37)26-2-1-3-27(14-26)38(53)50(35)22-33/h1-3,6-9,14,16-17,21,24-25,28,33,35H,4-5,10-13,15,18-20,22-23H2,(H,45,52)/t25?,28-,33+,35-/m0/s1. The first-order chi connectivity index (χ1) is 27.0. The van der Waals surface area contributed by atoms with Gasteiger partial charge in [-0.15, -0.1) is 5.10 Å². The van der Waals surface area contributed by atoms with Crippen LogP contribution in [0.15, 0.2) is 66.9 Å². The van der Waals surface area contributed by atoms with E-state index in [1.807, 2.05) is 0 Å². The van der Waals surface area contributed by atoms with Crippen molar-refractivity contribution < 1.29 is 41.4 Å². The zero-order chi connectivity index (χ0) is 39.0. The smallest absolute Gasteiger partial charge is 0.416 e. The molecular weight excluding hydrogens is 734 g/mol. The van der Waals surface area contributed by atoms with Crippen molar-refractivity contribution in [1.29, 1.82) is 0 Å². The summed E-state index contributed by atoms with van der Waals surface area (Å²) in [6.45, 7) is 1.43. The van der Waals surface area contributed by atoms with Crippen molar-refractivity contribution in [3.63, 3.8) is 0 Å². The number of hydrogen-bond donors (Lipinski definition) is 1. The summed E-state index contributed by atoms with van der Waals surface area (Å²) < 4.78 is 69.4. The Labute approximate surface area is 320 Å². The molecule has 8 rings (SSSR count). The highest BCUT2D eigenvalue weighted by Crippen LogP contribution is 2.36. The van der Waals surface area contributed by atoms with E-state index in [1.54, 1.807) is 41.4 Å². The second-order valence-corrected chi connectivity index (χ2v) is 15.1. The zero-order valence-electron chi connectivity index (χ0n) is 30.5. The van der Waals surface area contributed by atoms with Gasteiger partial charge in [-0.3, -0.25) is 14.4 Å². The fourth-order valence-corrected chi connectivity index (χ4v) is 7.83. The monoisotopic (exact) mass is 775 g/mol. The fourth-order valence-electron chi connectivity index (χ4n) is 7.83. The number of halogens is 4. The van der Waals surface area contributed by atoms with Crippen LogP contribution in [-0.4, -0.2) is 92.4 Å². The largest absolute Gasteiger partial charge is 0.478 e. The summed E-state index contributed by atoms with van der Waals surface area (Å²) >= 11 is 0. The van der Waals surface area contributed by atoms with E-state index in [-0.39, 0.29) is 91.3 Å². The van der Waals surface area contributed by atoms with Crippen LogP contribution in [0.2, 0.25) is 0 Å². The molecule has 16 heteroatoms. The second-order valence-electron chi connectivity index (χ2n) is 15.1. The van der Waals surface area contributed by atoms with Crippen LogP contribution < -0.4 is 10.1 Å². The summed E-state index contributed by atoms with van der Waals surface area (Å²) in [6.07, 6.45) is -0.0261. The minimum atomic E-state index is -4.68. The van der Waals surface area contributed by atoms with Gasteiger partial charge in [0.25, 0.3) is 5.91 Å². The summed E-state index contributed by atoms with van der Waals surface area (Å²) in [5, 5.41) is 11.3. The number of benzene rings is 2. The molecule has 3 fully saturated rings. The van der Waals surface area contributed by atoms with E-state index in [2.05, 4.69) is 20.6 Å². The number of aromatic nitrogens is 4. The van der Waals surface area contributed by atoms with Gasteiger partial charge in [0.15, 0.2) is 0 Å². The number of rotatable bonds is 8. The van der Waals surface area contributed by atoms with Crippen molar-refractivity contribution in [2.75, 3.05) is 32.8 Å². The first-order valence-corrected chi connectivity index (χ1v) is 18.9. The zero-order valence-corrected chi connectivity index (χ0v) is 30.5. The lowest BCUT2D eigenvalue weighted by molar-refractivity contribution is -0.139. The number of carbonyl (C=O) groups is 3. The number of carbonyl (C=O) groups excluding carboxylic acids is 3.